The standard InChI is InChI=1S/C18H18BrCl2NO2/c1-18(2,3)13-8-11(19)4-7-16(13)24-10-17(23)22-15-6-5-12(20)9-14(15)21/h4-9H,10H2,1-3H3,(H,22,23). The summed E-state index contributed by atoms with van der Waals surface area (Å²) in [7, 11) is 0. The smallest absolute Gasteiger partial charge is 0.262 e. The van der Waals surface area contributed by atoms with Crippen LogP contribution in [0.1, 0.15) is 26.3 Å². The van der Waals surface area contributed by atoms with E-state index in [1.54, 1.807) is 18.2 Å². The lowest BCUT2D eigenvalue weighted by molar-refractivity contribution is -0.118. The van der Waals surface area contributed by atoms with Crippen LogP contribution in [0.3, 0.4) is 0 Å². The van der Waals surface area contributed by atoms with Crippen molar-refractivity contribution in [3.63, 3.8) is 0 Å². The molecule has 2 aromatic rings. The third-order valence-corrected chi connectivity index (χ3v) is 4.35. The molecule has 6 heteroatoms. The molecule has 0 saturated heterocycles. The SMILES string of the molecule is CC(C)(C)c1cc(Br)ccc1OCC(=O)Nc1ccc(Cl)cc1Cl. The van der Waals surface area contributed by atoms with Gasteiger partial charge >= 0.3 is 0 Å². The van der Waals surface area contributed by atoms with Gasteiger partial charge in [-0.05, 0) is 41.8 Å². The molecule has 3 nitrogen and oxygen atoms in total. The van der Waals surface area contributed by atoms with Gasteiger partial charge in [-0.25, -0.2) is 0 Å². The number of carbonyl (C=O) groups is 1. The van der Waals surface area contributed by atoms with Gasteiger partial charge in [0.25, 0.3) is 5.91 Å². The Morgan fingerprint density at radius 1 is 1.17 bits per heavy atom. The van der Waals surface area contributed by atoms with Gasteiger partial charge in [-0.15, -0.1) is 0 Å². The Hall–Kier alpha value is -1.23. The molecule has 0 unspecified atom stereocenters. The van der Waals surface area contributed by atoms with Crippen LogP contribution in [0, 0.1) is 0 Å². The van der Waals surface area contributed by atoms with Gasteiger partial charge in [0.1, 0.15) is 5.75 Å². The van der Waals surface area contributed by atoms with E-state index in [0.29, 0.717) is 21.5 Å². The summed E-state index contributed by atoms with van der Waals surface area (Å²) in [5, 5.41) is 3.61. The predicted octanol–water partition coefficient (Wildman–Crippen LogP) is 6.07. The van der Waals surface area contributed by atoms with Gasteiger partial charge in [0.15, 0.2) is 6.61 Å². The van der Waals surface area contributed by atoms with Crippen molar-refractivity contribution in [2.24, 2.45) is 0 Å². The second-order valence-corrected chi connectivity index (χ2v) is 8.11. The van der Waals surface area contributed by atoms with Gasteiger partial charge < -0.3 is 10.1 Å². The average molecular weight is 431 g/mol. The van der Waals surface area contributed by atoms with E-state index in [-0.39, 0.29) is 17.9 Å². The molecule has 0 aliphatic heterocycles. The van der Waals surface area contributed by atoms with Crippen LogP contribution in [-0.2, 0) is 10.2 Å². The highest BCUT2D eigenvalue weighted by molar-refractivity contribution is 9.10. The van der Waals surface area contributed by atoms with Crippen LogP contribution < -0.4 is 10.1 Å². The molecule has 2 rings (SSSR count). The third-order valence-electron chi connectivity index (χ3n) is 3.31. The van der Waals surface area contributed by atoms with Crippen molar-refractivity contribution >= 4 is 50.7 Å². The zero-order chi connectivity index (χ0) is 17.9. The van der Waals surface area contributed by atoms with E-state index >= 15 is 0 Å². The number of rotatable bonds is 4. The summed E-state index contributed by atoms with van der Waals surface area (Å²) < 4.78 is 6.68. The highest BCUT2D eigenvalue weighted by Crippen LogP contribution is 2.33. The molecule has 0 atom stereocenters. The molecule has 1 amide bonds. The maximum Gasteiger partial charge on any atom is 0.262 e. The summed E-state index contributed by atoms with van der Waals surface area (Å²) in [4.78, 5) is 12.1. The summed E-state index contributed by atoms with van der Waals surface area (Å²) in [6, 6.07) is 10.6. The maximum atomic E-state index is 12.1. The zero-order valence-electron chi connectivity index (χ0n) is 13.6. The van der Waals surface area contributed by atoms with Crippen LogP contribution in [0.2, 0.25) is 10.0 Å². The molecule has 0 aromatic heterocycles. The van der Waals surface area contributed by atoms with E-state index in [0.717, 1.165) is 10.0 Å². The minimum absolute atomic E-state index is 0.102. The highest BCUT2D eigenvalue weighted by atomic mass is 79.9. The number of ether oxygens (including phenoxy) is 1. The number of carbonyl (C=O) groups excluding carboxylic acids is 1. The normalized spacial score (nSPS) is 11.2. The Bertz CT molecular complexity index is 757. The average Bonchev–Trinajstić information content (AvgIpc) is 2.48. The molecule has 0 heterocycles. The molecule has 0 saturated carbocycles. The first-order valence-corrected chi connectivity index (χ1v) is 8.89. The van der Waals surface area contributed by atoms with Crippen LogP contribution in [-0.4, -0.2) is 12.5 Å². The van der Waals surface area contributed by atoms with Gasteiger partial charge in [-0.1, -0.05) is 59.9 Å². The minimum Gasteiger partial charge on any atom is -0.483 e. The van der Waals surface area contributed by atoms with Crippen LogP contribution in [0.25, 0.3) is 0 Å². The molecular weight excluding hydrogens is 413 g/mol. The van der Waals surface area contributed by atoms with Gasteiger partial charge in [0.2, 0.25) is 0 Å². The van der Waals surface area contributed by atoms with Crippen LogP contribution in [0.5, 0.6) is 5.75 Å². The molecule has 0 fully saturated rings. The van der Waals surface area contributed by atoms with E-state index in [9.17, 15) is 4.79 Å². The van der Waals surface area contributed by atoms with E-state index in [4.69, 9.17) is 27.9 Å². The summed E-state index contributed by atoms with van der Waals surface area (Å²) in [5.74, 6) is 0.394. The van der Waals surface area contributed by atoms with E-state index in [1.807, 2.05) is 18.2 Å². The quantitative estimate of drug-likeness (QED) is 0.638. The molecule has 0 aliphatic rings. The van der Waals surface area contributed by atoms with Crippen LogP contribution >= 0.6 is 39.1 Å². The molecule has 1 N–H and O–H groups in total. The fraction of sp³-hybridized carbons (Fsp3) is 0.278. The number of hydrogen-bond acceptors (Lipinski definition) is 2. The summed E-state index contributed by atoms with van der Waals surface area (Å²) in [6.45, 7) is 6.17. The minimum atomic E-state index is -0.290. The fourth-order valence-electron chi connectivity index (χ4n) is 2.13. The molecular formula is C18H18BrCl2NO2. The molecule has 128 valence electrons. The number of hydrogen-bond donors (Lipinski definition) is 1. The number of nitrogens with one attached hydrogen (secondary N) is 1. The molecule has 0 bridgehead atoms. The lowest BCUT2D eigenvalue weighted by Crippen LogP contribution is -2.22. The summed E-state index contributed by atoms with van der Waals surface area (Å²) in [6.07, 6.45) is 0. The zero-order valence-corrected chi connectivity index (χ0v) is 16.7. The van der Waals surface area contributed by atoms with Crippen molar-refractivity contribution < 1.29 is 9.53 Å². The fourth-order valence-corrected chi connectivity index (χ4v) is 2.95. The van der Waals surface area contributed by atoms with E-state index < -0.39 is 0 Å². The third kappa shape index (κ3) is 5.13. The second kappa shape index (κ2) is 7.77. The first-order valence-electron chi connectivity index (χ1n) is 7.34. The monoisotopic (exact) mass is 429 g/mol. The Kier molecular flexibility index (Phi) is 6.18. The van der Waals surface area contributed by atoms with E-state index in [1.165, 1.54) is 0 Å². The Balaban J connectivity index is 2.07. The molecule has 24 heavy (non-hydrogen) atoms. The van der Waals surface area contributed by atoms with Gasteiger partial charge in [-0.2, -0.15) is 0 Å². The maximum absolute atomic E-state index is 12.1. The van der Waals surface area contributed by atoms with Crippen LogP contribution in [0.4, 0.5) is 5.69 Å². The summed E-state index contributed by atoms with van der Waals surface area (Å²) >= 11 is 15.4. The lowest BCUT2D eigenvalue weighted by atomic mass is 9.86. The topological polar surface area (TPSA) is 38.3 Å². The van der Waals surface area contributed by atoms with Crippen molar-refractivity contribution in [1.29, 1.82) is 0 Å². The molecule has 2 aromatic carbocycles. The molecule has 0 aliphatic carbocycles. The Morgan fingerprint density at radius 3 is 2.50 bits per heavy atom. The Morgan fingerprint density at radius 2 is 1.88 bits per heavy atom. The highest BCUT2D eigenvalue weighted by Gasteiger charge is 2.20. The van der Waals surface area contributed by atoms with Crippen molar-refractivity contribution in [2.45, 2.75) is 26.2 Å². The van der Waals surface area contributed by atoms with E-state index in [2.05, 4.69) is 42.0 Å². The van der Waals surface area contributed by atoms with Crippen molar-refractivity contribution in [3.05, 3.63) is 56.5 Å². The van der Waals surface area contributed by atoms with Gasteiger partial charge in [-0.3, -0.25) is 4.79 Å². The Labute approximate surface area is 160 Å². The summed E-state index contributed by atoms with van der Waals surface area (Å²) in [5.41, 5.74) is 1.42. The van der Waals surface area contributed by atoms with Crippen molar-refractivity contribution in [1.82, 2.24) is 0 Å². The predicted molar refractivity (Wildman–Crippen MR) is 103 cm³/mol. The first kappa shape index (κ1) is 19.1. The largest absolute Gasteiger partial charge is 0.483 e. The first-order chi connectivity index (χ1) is 11.2. The number of halogens is 3. The molecule has 0 radical (unpaired) electrons. The van der Waals surface area contributed by atoms with Gasteiger partial charge in [0.05, 0.1) is 10.7 Å². The second-order valence-electron chi connectivity index (χ2n) is 6.35. The van der Waals surface area contributed by atoms with Crippen molar-refractivity contribution in [3.8, 4) is 5.75 Å². The van der Waals surface area contributed by atoms with Gasteiger partial charge in [0, 0.05) is 15.1 Å². The lowest BCUT2D eigenvalue weighted by Gasteiger charge is -2.23. The number of amides is 1. The number of anilines is 1. The number of benzene rings is 2. The van der Waals surface area contributed by atoms with Crippen molar-refractivity contribution in [2.75, 3.05) is 11.9 Å². The van der Waals surface area contributed by atoms with Crippen LogP contribution in [0.15, 0.2) is 40.9 Å². The molecule has 0 spiro atoms.